The van der Waals surface area contributed by atoms with Gasteiger partial charge in [-0.15, -0.1) is 0 Å². The number of nitrogens with one attached hydrogen (secondary N) is 1. The van der Waals surface area contributed by atoms with Gasteiger partial charge in [-0.25, -0.2) is 9.97 Å². The first kappa shape index (κ1) is 13.0. The first-order chi connectivity index (χ1) is 8.67. The highest BCUT2D eigenvalue weighted by molar-refractivity contribution is 9.10. The van der Waals surface area contributed by atoms with Gasteiger partial charge in [-0.05, 0) is 29.3 Å². The third kappa shape index (κ3) is 3.53. The third-order valence-electron chi connectivity index (χ3n) is 2.34. The second-order valence-corrected chi connectivity index (χ2v) is 4.84. The largest absolute Gasteiger partial charge is 0.364 e. The van der Waals surface area contributed by atoms with Gasteiger partial charge in [0.05, 0.1) is 6.54 Å². The van der Waals surface area contributed by atoms with Crippen molar-refractivity contribution in [2.75, 3.05) is 5.32 Å². The van der Waals surface area contributed by atoms with Crippen LogP contribution in [0.15, 0.2) is 21.3 Å². The Balaban J connectivity index is 2.04. The van der Waals surface area contributed by atoms with Gasteiger partial charge < -0.3 is 9.84 Å². The third-order valence-corrected chi connectivity index (χ3v) is 2.75. The molecule has 0 radical (unpaired) electrons. The zero-order valence-corrected chi connectivity index (χ0v) is 12.0. The first-order valence-corrected chi connectivity index (χ1v) is 6.66. The van der Waals surface area contributed by atoms with E-state index in [2.05, 4.69) is 43.3 Å². The molecule has 2 aromatic rings. The summed E-state index contributed by atoms with van der Waals surface area (Å²) >= 11 is 3.39. The van der Waals surface area contributed by atoms with Crippen LogP contribution in [0.4, 0.5) is 5.82 Å². The van der Waals surface area contributed by atoms with Crippen molar-refractivity contribution in [3.8, 4) is 0 Å². The zero-order chi connectivity index (χ0) is 13.0. The van der Waals surface area contributed by atoms with Gasteiger partial charge in [0.1, 0.15) is 27.7 Å². The molecule has 2 heterocycles. The fraction of sp³-hybridized carbons (Fsp3) is 0.417. The lowest BCUT2D eigenvalue weighted by Crippen LogP contribution is -2.05. The van der Waals surface area contributed by atoms with Crippen LogP contribution in [0.3, 0.4) is 0 Å². The standard InChI is InChI=1S/C12H15BrN4O/c1-3-4-11-15-10(13)6-12(16-11)14-7-9-5-8(2)18-17-9/h5-6H,3-4,7H2,1-2H3,(H,14,15,16). The van der Waals surface area contributed by atoms with Crippen molar-refractivity contribution in [2.45, 2.75) is 33.2 Å². The molecular formula is C12H15BrN4O. The molecule has 0 aliphatic rings. The summed E-state index contributed by atoms with van der Waals surface area (Å²) in [5.41, 5.74) is 0.860. The van der Waals surface area contributed by atoms with E-state index in [1.165, 1.54) is 0 Å². The van der Waals surface area contributed by atoms with Crippen molar-refractivity contribution in [1.29, 1.82) is 0 Å². The normalized spacial score (nSPS) is 10.6. The summed E-state index contributed by atoms with van der Waals surface area (Å²) in [5.74, 6) is 2.44. The maximum atomic E-state index is 5.01. The molecule has 0 saturated carbocycles. The first-order valence-electron chi connectivity index (χ1n) is 5.87. The second-order valence-electron chi connectivity index (χ2n) is 4.02. The van der Waals surface area contributed by atoms with E-state index < -0.39 is 0 Å². The number of hydrogen-bond donors (Lipinski definition) is 1. The van der Waals surface area contributed by atoms with E-state index in [1.54, 1.807) is 0 Å². The van der Waals surface area contributed by atoms with Crippen LogP contribution < -0.4 is 5.32 Å². The lowest BCUT2D eigenvalue weighted by molar-refractivity contribution is 0.391. The Kier molecular flexibility index (Phi) is 4.30. The Hall–Kier alpha value is -1.43. The average molecular weight is 311 g/mol. The lowest BCUT2D eigenvalue weighted by atomic mass is 10.3. The minimum atomic E-state index is 0.590. The Morgan fingerprint density at radius 3 is 2.83 bits per heavy atom. The van der Waals surface area contributed by atoms with Crippen molar-refractivity contribution in [1.82, 2.24) is 15.1 Å². The van der Waals surface area contributed by atoms with Gasteiger partial charge in [0.2, 0.25) is 0 Å². The number of aryl methyl sites for hydroxylation is 2. The molecule has 2 aromatic heterocycles. The Morgan fingerprint density at radius 2 is 2.17 bits per heavy atom. The van der Waals surface area contributed by atoms with Crippen LogP contribution in [0.5, 0.6) is 0 Å². The molecule has 96 valence electrons. The number of hydrogen-bond acceptors (Lipinski definition) is 5. The van der Waals surface area contributed by atoms with Gasteiger partial charge in [-0.3, -0.25) is 0 Å². The van der Waals surface area contributed by atoms with Crippen molar-refractivity contribution in [2.24, 2.45) is 0 Å². The molecule has 6 heteroatoms. The summed E-state index contributed by atoms with van der Waals surface area (Å²) in [6.45, 7) is 4.57. The van der Waals surface area contributed by atoms with Crippen LogP contribution >= 0.6 is 15.9 Å². The van der Waals surface area contributed by atoms with E-state index in [0.717, 1.165) is 40.5 Å². The van der Waals surface area contributed by atoms with Crippen LogP contribution in [0.2, 0.25) is 0 Å². The van der Waals surface area contributed by atoms with E-state index in [-0.39, 0.29) is 0 Å². The number of aromatic nitrogens is 3. The highest BCUT2D eigenvalue weighted by atomic mass is 79.9. The molecule has 1 N–H and O–H groups in total. The predicted octanol–water partition coefficient (Wildman–Crippen LogP) is 3.10. The number of nitrogens with zero attached hydrogens (tertiary/aromatic N) is 3. The zero-order valence-electron chi connectivity index (χ0n) is 10.4. The summed E-state index contributed by atoms with van der Waals surface area (Å²) in [6, 6.07) is 3.75. The SMILES string of the molecule is CCCc1nc(Br)cc(NCc2cc(C)on2)n1. The van der Waals surface area contributed by atoms with Crippen molar-refractivity contribution < 1.29 is 4.52 Å². The van der Waals surface area contributed by atoms with Gasteiger partial charge in [0, 0.05) is 18.6 Å². The minimum absolute atomic E-state index is 0.590. The predicted molar refractivity (Wildman–Crippen MR) is 72.3 cm³/mol. The molecule has 0 atom stereocenters. The van der Waals surface area contributed by atoms with Crippen molar-refractivity contribution in [3.63, 3.8) is 0 Å². The molecule has 0 bridgehead atoms. The molecule has 0 amide bonds. The van der Waals surface area contributed by atoms with Crippen LogP contribution in [-0.4, -0.2) is 15.1 Å². The van der Waals surface area contributed by atoms with E-state index in [0.29, 0.717) is 6.54 Å². The molecule has 2 rings (SSSR count). The van der Waals surface area contributed by atoms with Crippen molar-refractivity contribution >= 4 is 21.7 Å². The Labute approximate surface area is 114 Å². The van der Waals surface area contributed by atoms with Crippen LogP contribution in [0, 0.1) is 6.92 Å². The maximum absolute atomic E-state index is 5.01. The molecule has 0 unspecified atom stereocenters. The Bertz CT molecular complexity index is 527. The van der Waals surface area contributed by atoms with Gasteiger partial charge in [-0.2, -0.15) is 0 Å². The minimum Gasteiger partial charge on any atom is -0.364 e. The smallest absolute Gasteiger partial charge is 0.133 e. The van der Waals surface area contributed by atoms with Crippen LogP contribution in [0.1, 0.15) is 30.6 Å². The van der Waals surface area contributed by atoms with E-state index in [9.17, 15) is 0 Å². The Morgan fingerprint density at radius 1 is 1.33 bits per heavy atom. The second kappa shape index (κ2) is 5.95. The molecule has 0 spiro atoms. The van der Waals surface area contributed by atoms with Gasteiger partial charge in [0.25, 0.3) is 0 Å². The van der Waals surface area contributed by atoms with Gasteiger partial charge in [-0.1, -0.05) is 12.1 Å². The highest BCUT2D eigenvalue weighted by Gasteiger charge is 2.04. The average Bonchev–Trinajstić information content (AvgIpc) is 2.72. The van der Waals surface area contributed by atoms with E-state index in [4.69, 9.17) is 4.52 Å². The lowest BCUT2D eigenvalue weighted by Gasteiger charge is -2.06. The van der Waals surface area contributed by atoms with Crippen LogP contribution in [0.25, 0.3) is 0 Å². The number of anilines is 1. The molecule has 5 nitrogen and oxygen atoms in total. The highest BCUT2D eigenvalue weighted by Crippen LogP contribution is 2.14. The number of halogens is 1. The summed E-state index contributed by atoms with van der Waals surface area (Å²) < 4.78 is 5.80. The topological polar surface area (TPSA) is 63.8 Å². The van der Waals surface area contributed by atoms with E-state index in [1.807, 2.05) is 19.1 Å². The van der Waals surface area contributed by atoms with Gasteiger partial charge >= 0.3 is 0 Å². The summed E-state index contributed by atoms with van der Waals surface area (Å²) in [4.78, 5) is 8.75. The summed E-state index contributed by atoms with van der Waals surface area (Å²) in [7, 11) is 0. The van der Waals surface area contributed by atoms with E-state index >= 15 is 0 Å². The molecule has 0 aliphatic carbocycles. The van der Waals surface area contributed by atoms with Crippen LogP contribution in [-0.2, 0) is 13.0 Å². The molecule has 18 heavy (non-hydrogen) atoms. The quantitative estimate of drug-likeness (QED) is 0.860. The van der Waals surface area contributed by atoms with Gasteiger partial charge in [0.15, 0.2) is 0 Å². The summed E-state index contributed by atoms with van der Waals surface area (Å²) in [5, 5.41) is 7.13. The number of rotatable bonds is 5. The molecule has 0 saturated heterocycles. The molecule has 0 aliphatic heterocycles. The monoisotopic (exact) mass is 310 g/mol. The fourth-order valence-corrected chi connectivity index (χ4v) is 1.99. The summed E-state index contributed by atoms with van der Waals surface area (Å²) in [6.07, 6.45) is 1.90. The molecule has 0 fully saturated rings. The molecule has 0 aromatic carbocycles. The fourth-order valence-electron chi connectivity index (χ4n) is 1.57. The molecular weight excluding hydrogens is 296 g/mol. The van der Waals surface area contributed by atoms with Crippen molar-refractivity contribution in [3.05, 3.63) is 34.0 Å². The maximum Gasteiger partial charge on any atom is 0.133 e.